The first-order valence-corrected chi connectivity index (χ1v) is 21.7. The summed E-state index contributed by atoms with van der Waals surface area (Å²) in [7, 11) is 0. The largest absolute Gasteiger partial charge is 0.393 e. The van der Waals surface area contributed by atoms with Crippen LogP contribution in [0.1, 0.15) is 91.4 Å². The fraction of sp³-hybridized carbons (Fsp3) is 0.705. The van der Waals surface area contributed by atoms with Crippen LogP contribution in [0.5, 0.6) is 0 Å². The average molecular weight is 852 g/mol. The number of fused-ring (bicyclic) bond motifs is 7. The van der Waals surface area contributed by atoms with E-state index in [2.05, 4.69) is 45.3 Å². The molecule has 61 heavy (non-hydrogen) atoms. The average Bonchev–Trinajstić information content (AvgIpc) is 3.70. The van der Waals surface area contributed by atoms with E-state index >= 15 is 0 Å². The topological polar surface area (TPSA) is 237 Å². The number of ketones is 2. The Morgan fingerprint density at radius 3 is 2.25 bits per heavy atom. The van der Waals surface area contributed by atoms with Crippen molar-refractivity contribution in [2.45, 2.75) is 122 Å². The number of amides is 5. The molecule has 6 aliphatic rings. The normalized spacial score (nSPS) is 33.4. The molecule has 17 nitrogen and oxygen atoms in total. The highest BCUT2D eigenvalue weighted by molar-refractivity contribution is 6.01. The van der Waals surface area contributed by atoms with Crippen molar-refractivity contribution in [1.29, 1.82) is 0 Å². The molecule has 6 N–H and O–H groups in total. The molecule has 5 aliphatic carbocycles. The zero-order valence-electron chi connectivity index (χ0n) is 35.4. The Labute approximate surface area is 356 Å². The number of rotatable bonds is 18. The highest BCUT2D eigenvalue weighted by Crippen LogP contribution is 2.69. The molecule has 3 saturated carbocycles. The first-order valence-electron chi connectivity index (χ1n) is 21.7. The van der Waals surface area contributed by atoms with Crippen LogP contribution in [0, 0.1) is 40.4 Å². The van der Waals surface area contributed by atoms with Crippen molar-refractivity contribution in [3.63, 3.8) is 0 Å². The summed E-state index contributed by atoms with van der Waals surface area (Å²) in [6.07, 6.45) is 11.5. The van der Waals surface area contributed by atoms with E-state index in [1.807, 2.05) is 19.9 Å². The molecule has 0 bridgehead atoms. The molecule has 0 aromatic heterocycles. The zero-order valence-corrected chi connectivity index (χ0v) is 35.4. The molecule has 6 rings (SSSR count). The van der Waals surface area contributed by atoms with E-state index in [0.29, 0.717) is 19.3 Å². The second-order valence-electron chi connectivity index (χ2n) is 17.5. The van der Waals surface area contributed by atoms with E-state index in [1.165, 1.54) is 0 Å². The monoisotopic (exact) mass is 851 g/mol. The van der Waals surface area contributed by atoms with Crippen LogP contribution in [0.15, 0.2) is 23.8 Å². The quantitative estimate of drug-likeness (QED) is 0.0633. The Morgan fingerprint density at radius 2 is 1.56 bits per heavy atom. The van der Waals surface area contributed by atoms with E-state index in [4.69, 9.17) is 18.9 Å². The minimum absolute atomic E-state index is 0.00950. The highest BCUT2D eigenvalue weighted by Gasteiger charge is 2.75. The van der Waals surface area contributed by atoms with Crippen LogP contribution < -0.4 is 26.6 Å². The number of nitrogens with one attached hydrogen (secondary N) is 5. The van der Waals surface area contributed by atoms with Crippen LogP contribution in [0.25, 0.3) is 0 Å². The van der Waals surface area contributed by atoms with E-state index < -0.39 is 84.1 Å². The number of hydrogen-bond donors (Lipinski definition) is 6. The first kappa shape index (κ1) is 46.0. The molecule has 1 aliphatic heterocycles. The fourth-order valence-corrected chi connectivity index (χ4v) is 10.7. The van der Waals surface area contributed by atoms with Gasteiger partial charge in [-0.25, -0.2) is 0 Å². The summed E-state index contributed by atoms with van der Waals surface area (Å²) in [6.45, 7) is 3.49. The molecule has 1 saturated heterocycles. The van der Waals surface area contributed by atoms with Gasteiger partial charge in [-0.05, 0) is 75.4 Å². The maximum Gasteiger partial charge on any atom is 0.246 e. The van der Waals surface area contributed by atoms with Gasteiger partial charge in [-0.2, -0.15) is 0 Å². The molecular weight excluding hydrogens is 791 g/mol. The third kappa shape index (κ3) is 10.3. The SMILES string of the molecule is CCCC1O[C@@H]2C[C@H]3[C@@H]4CCC5=CC(=O)C=C[C@]5(C)[C@H]4[C@@H](O)C[C@]3(C)[C@]2(C(=O)COCNC(=O)CNC(=O)CNC(=O)CNC(=O)CNC(=O)COC2C#CCCCCC2)O1. The minimum Gasteiger partial charge on any atom is -0.393 e. The molecule has 334 valence electrons. The standard InChI is InChI=1S/C44H61N5O12/c1-4-10-40-60-34-18-31-30-14-13-27-17-28(50)15-16-42(27,2)41(30)32(51)19-43(31,3)44(34,61-40)33(52)24-58-26-49-38(56)23-47-36(54)21-45-35(53)20-46-37(55)22-48-39(57)25-59-29-11-8-6-5-7-9-12-29/h15-17,29-32,34,40-41,51H,4-8,10-11,13-14,18-26H2,1-3H3,(H,45,53)(H,46,55)(H,47,54)(H,48,57)(H,49,56)/t29?,30-,31-,32-,34+,40?,41+,42-,43-,44+/m0/s1. The number of carbonyl (C=O) groups is 7. The van der Waals surface area contributed by atoms with Gasteiger partial charge in [0.05, 0.1) is 38.4 Å². The molecule has 5 amide bonds. The number of ether oxygens (including phenoxy) is 4. The van der Waals surface area contributed by atoms with Gasteiger partial charge in [-0.1, -0.05) is 51.2 Å². The Bertz CT molecular complexity index is 1840. The first-order chi connectivity index (χ1) is 29.2. The van der Waals surface area contributed by atoms with E-state index in [0.717, 1.165) is 56.9 Å². The summed E-state index contributed by atoms with van der Waals surface area (Å²) < 4.78 is 24.3. The Morgan fingerprint density at radius 1 is 0.885 bits per heavy atom. The van der Waals surface area contributed by atoms with E-state index in [9.17, 15) is 38.7 Å². The molecule has 0 spiro atoms. The van der Waals surface area contributed by atoms with Gasteiger partial charge in [0.2, 0.25) is 29.5 Å². The van der Waals surface area contributed by atoms with E-state index in [-0.39, 0.29) is 61.9 Å². The Kier molecular flexibility index (Phi) is 15.2. The number of allylic oxidation sites excluding steroid dienone is 4. The zero-order chi connectivity index (χ0) is 43.8. The number of carbonyl (C=O) groups excluding carboxylic acids is 7. The summed E-state index contributed by atoms with van der Waals surface area (Å²) in [5.74, 6) is 2.60. The summed E-state index contributed by atoms with van der Waals surface area (Å²) in [5.41, 5.74) is -1.55. The Hall–Kier alpha value is -4.47. The van der Waals surface area contributed by atoms with Gasteiger partial charge in [-0.15, -0.1) is 5.92 Å². The molecule has 0 aromatic carbocycles. The van der Waals surface area contributed by atoms with Gasteiger partial charge < -0.3 is 50.6 Å². The van der Waals surface area contributed by atoms with Gasteiger partial charge in [-0.3, -0.25) is 33.6 Å². The lowest BCUT2D eigenvalue weighted by Crippen LogP contribution is -2.63. The molecule has 0 aromatic rings. The number of hydrogen-bond acceptors (Lipinski definition) is 12. The summed E-state index contributed by atoms with van der Waals surface area (Å²) in [6, 6.07) is 0. The lowest BCUT2D eigenvalue weighted by molar-refractivity contribution is -0.201. The fourth-order valence-electron chi connectivity index (χ4n) is 10.7. The smallest absolute Gasteiger partial charge is 0.246 e. The van der Waals surface area contributed by atoms with Crippen molar-refractivity contribution < 1.29 is 57.6 Å². The van der Waals surface area contributed by atoms with Crippen molar-refractivity contribution in [2.24, 2.45) is 28.6 Å². The van der Waals surface area contributed by atoms with Crippen LogP contribution in [-0.2, 0) is 52.5 Å². The number of Topliss-reactive ketones (excluding diaryl/α,β-unsaturated/α-hetero) is 1. The number of aliphatic hydroxyl groups excluding tert-OH is 1. The van der Waals surface area contributed by atoms with Crippen LogP contribution in [0.4, 0.5) is 0 Å². The summed E-state index contributed by atoms with van der Waals surface area (Å²) in [5, 5.41) is 23.9. The number of aliphatic hydroxyl groups is 1. The van der Waals surface area contributed by atoms with Crippen molar-refractivity contribution in [1.82, 2.24) is 26.6 Å². The van der Waals surface area contributed by atoms with Gasteiger partial charge in [0, 0.05) is 23.2 Å². The Balaban J connectivity index is 0.897. The molecule has 4 fully saturated rings. The molecule has 0 radical (unpaired) electrons. The molecule has 1 heterocycles. The molecule has 2 unspecified atom stereocenters. The lowest BCUT2D eigenvalue weighted by Gasteiger charge is -2.59. The predicted octanol–water partition coefficient (Wildman–Crippen LogP) is 0.632. The van der Waals surface area contributed by atoms with Crippen molar-refractivity contribution >= 4 is 41.1 Å². The van der Waals surface area contributed by atoms with Crippen molar-refractivity contribution in [3.05, 3.63) is 23.8 Å². The van der Waals surface area contributed by atoms with Crippen LogP contribution in [0.2, 0.25) is 0 Å². The third-order valence-corrected chi connectivity index (χ3v) is 13.6. The van der Waals surface area contributed by atoms with Gasteiger partial charge in [0.1, 0.15) is 26.0 Å². The maximum atomic E-state index is 14.4. The minimum atomic E-state index is -1.36. The molecule has 10 atom stereocenters. The van der Waals surface area contributed by atoms with Crippen LogP contribution in [0.3, 0.4) is 0 Å². The molecular formula is C44H61N5O12. The summed E-state index contributed by atoms with van der Waals surface area (Å²) in [4.78, 5) is 87.7. The highest BCUT2D eigenvalue weighted by atomic mass is 16.7. The lowest BCUT2D eigenvalue weighted by atomic mass is 9.46. The second-order valence-corrected chi connectivity index (χ2v) is 17.5. The van der Waals surface area contributed by atoms with Crippen LogP contribution in [-0.4, -0.2) is 123 Å². The van der Waals surface area contributed by atoms with Gasteiger partial charge in [0.15, 0.2) is 23.5 Å². The third-order valence-electron chi connectivity index (χ3n) is 13.6. The van der Waals surface area contributed by atoms with Gasteiger partial charge >= 0.3 is 0 Å². The van der Waals surface area contributed by atoms with Crippen molar-refractivity contribution in [2.75, 3.05) is 46.1 Å². The summed E-state index contributed by atoms with van der Waals surface area (Å²) >= 11 is 0. The van der Waals surface area contributed by atoms with Crippen LogP contribution >= 0.6 is 0 Å². The maximum absolute atomic E-state index is 14.4. The van der Waals surface area contributed by atoms with Gasteiger partial charge in [0.25, 0.3) is 0 Å². The van der Waals surface area contributed by atoms with E-state index in [1.54, 1.807) is 12.2 Å². The molecule has 17 heteroatoms. The second kappa shape index (κ2) is 20.1. The van der Waals surface area contributed by atoms with Crippen molar-refractivity contribution in [3.8, 4) is 11.8 Å². The predicted molar refractivity (Wildman–Crippen MR) is 217 cm³/mol.